The summed E-state index contributed by atoms with van der Waals surface area (Å²) in [6, 6.07) is 10.3. The van der Waals surface area contributed by atoms with E-state index in [1.165, 1.54) is 23.9 Å². The highest BCUT2D eigenvalue weighted by atomic mass is 32.2. The quantitative estimate of drug-likeness (QED) is 0.562. The monoisotopic (exact) mass is 373 g/mol. The first-order valence-corrected chi connectivity index (χ1v) is 9.11. The minimum atomic E-state index is -4.34. The number of rotatable bonds is 1. The van der Waals surface area contributed by atoms with E-state index >= 15 is 0 Å². The molecule has 0 N–H and O–H groups in total. The molecule has 0 spiro atoms. The maximum absolute atomic E-state index is 13.2. The molecule has 26 heavy (non-hydrogen) atoms. The van der Waals surface area contributed by atoms with Crippen molar-refractivity contribution in [3.05, 3.63) is 66.2 Å². The Morgan fingerprint density at radius 2 is 2.00 bits per heavy atom. The molecule has 0 aliphatic carbocycles. The fraction of sp³-hybridized carbons (Fsp3) is 0.211. The Balaban J connectivity index is 1.66. The number of anilines is 2. The molecule has 1 atom stereocenters. The van der Waals surface area contributed by atoms with Gasteiger partial charge in [0.05, 0.1) is 29.3 Å². The predicted octanol–water partition coefficient (Wildman–Crippen LogP) is 5.50. The van der Waals surface area contributed by atoms with Crippen molar-refractivity contribution in [1.82, 2.24) is 9.55 Å². The van der Waals surface area contributed by atoms with E-state index in [0.717, 1.165) is 27.5 Å². The van der Waals surface area contributed by atoms with Crippen LogP contribution in [0.2, 0.25) is 0 Å². The maximum atomic E-state index is 13.2. The van der Waals surface area contributed by atoms with Gasteiger partial charge in [-0.3, -0.25) is 0 Å². The standard InChI is InChI=1S/C19H14F3N3S/c20-19(21,22)12-4-5-16-15(10-12)25-8-6-14(24-9-7-23-11-24)13-2-1-3-17(26-16)18(13)25/h1-5,7,9-11,14H,6,8H2. The van der Waals surface area contributed by atoms with Gasteiger partial charge < -0.3 is 9.47 Å². The van der Waals surface area contributed by atoms with Gasteiger partial charge in [0.25, 0.3) is 0 Å². The second-order valence-corrected chi connectivity index (χ2v) is 7.53. The zero-order valence-corrected chi connectivity index (χ0v) is 14.4. The molecule has 3 heterocycles. The lowest BCUT2D eigenvalue weighted by molar-refractivity contribution is -0.137. The first kappa shape index (κ1) is 15.8. The Bertz CT molecular complexity index is 982. The first-order valence-electron chi connectivity index (χ1n) is 8.29. The number of hydrogen-bond acceptors (Lipinski definition) is 3. The summed E-state index contributed by atoms with van der Waals surface area (Å²) in [7, 11) is 0. The Kier molecular flexibility index (Phi) is 3.37. The van der Waals surface area contributed by atoms with Crippen molar-refractivity contribution >= 4 is 23.1 Å². The largest absolute Gasteiger partial charge is 0.416 e. The van der Waals surface area contributed by atoms with Crippen LogP contribution in [-0.2, 0) is 6.18 Å². The van der Waals surface area contributed by atoms with E-state index in [-0.39, 0.29) is 6.04 Å². The molecule has 0 saturated heterocycles. The van der Waals surface area contributed by atoms with Crippen molar-refractivity contribution in [3.8, 4) is 0 Å². The molecule has 1 aromatic heterocycles. The summed E-state index contributed by atoms with van der Waals surface area (Å²) in [5.74, 6) is 0. The molecule has 2 aliphatic heterocycles. The summed E-state index contributed by atoms with van der Waals surface area (Å²) >= 11 is 1.53. The molecular weight excluding hydrogens is 359 g/mol. The van der Waals surface area contributed by atoms with E-state index in [1.54, 1.807) is 18.6 Å². The summed E-state index contributed by atoms with van der Waals surface area (Å²) in [6.45, 7) is 0.668. The van der Waals surface area contributed by atoms with Crippen molar-refractivity contribution in [3.63, 3.8) is 0 Å². The maximum Gasteiger partial charge on any atom is 0.416 e. The van der Waals surface area contributed by atoms with Gasteiger partial charge in [-0.2, -0.15) is 13.2 Å². The van der Waals surface area contributed by atoms with Crippen molar-refractivity contribution in [2.75, 3.05) is 11.4 Å². The summed E-state index contributed by atoms with van der Waals surface area (Å²) in [4.78, 5) is 8.13. The normalized spacial score (nSPS) is 18.4. The zero-order valence-electron chi connectivity index (χ0n) is 13.6. The van der Waals surface area contributed by atoms with Gasteiger partial charge in [0.1, 0.15) is 0 Å². The summed E-state index contributed by atoms with van der Waals surface area (Å²) < 4.78 is 41.6. The molecule has 7 heteroatoms. The van der Waals surface area contributed by atoms with Gasteiger partial charge in [0.15, 0.2) is 0 Å². The van der Waals surface area contributed by atoms with Crippen LogP contribution in [0.4, 0.5) is 24.5 Å². The average Bonchev–Trinajstić information content (AvgIpc) is 3.15. The molecule has 3 aromatic rings. The smallest absolute Gasteiger partial charge is 0.339 e. The summed E-state index contributed by atoms with van der Waals surface area (Å²) in [6.07, 6.45) is 1.96. The fourth-order valence-corrected chi connectivity index (χ4v) is 4.93. The lowest BCUT2D eigenvalue weighted by Gasteiger charge is -2.41. The van der Waals surface area contributed by atoms with Gasteiger partial charge in [-0.05, 0) is 36.2 Å². The average molecular weight is 373 g/mol. The SMILES string of the molecule is FC(F)(F)c1ccc2c(c1)N1CCC(n3ccnc3)c3cccc(c31)S2. The van der Waals surface area contributed by atoms with Crippen molar-refractivity contribution < 1.29 is 13.2 Å². The van der Waals surface area contributed by atoms with Crippen LogP contribution in [0.25, 0.3) is 0 Å². The van der Waals surface area contributed by atoms with Crippen LogP contribution >= 0.6 is 11.8 Å². The van der Waals surface area contributed by atoms with Gasteiger partial charge in [-0.25, -0.2) is 4.98 Å². The minimum absolute atomic E-state index is 0.150. The number of imidazole rings is 1. The summed E-state index contributed by atoms with van der Waals surface area (Å²) in [5, 5.41) is 0. The molecule has 0 radical (unpaired) electrons. The number of nitrogens with zero attached hydrogens (tertiary/aromatic N) is 3. The molecule has 0 fully saturated rings. The van der Waals surface area contributed by atoms with Gasteiger partial charge in [0.2, 0.25) is 0 Å². The van der Waals surface area contributed by atoms with Crippen LogP contribution in [0.15, 0.2) is 64.9 Å². The zero-order chi connectivity index (χ0) is 17.9. The molecule has 1 unspecified atom stereocenters. The number of aromatic nitrogens is 2. The van der Waals surface area contributed by atoms with Gasteiger partial charge >= 0.3 is 6.18 Å². The van der Waals surface area contributed by atoms with E-state index in [9.17, 15) is 13.2 Å². The molecule has 0 bridgehead atoms. The van der Waals surface area contributed by atoms with Gasteiger partial charge in [0, 0.05) is 28.7 Å². The van der Waals surface area contributed by atoms with Crippen LogP contribution in [0, 0.1) is 0 Å². The number of hydrogen-bond donors (Lipinski definition) is 0. The van der Waals surface area contributed by atoms with Crippen LogP contribution in [-0.4, -0.2) is 16.1 Å². The highest BCUT2D eigenvalue weighted by molar-refractivity contribution is 7.99. The third-order valence-electron chi connectivity index (χ3n) is 4.97. The Morgan fingerprint density at radius 3 is 2.77 bits per heavy atom. The van der Waals surface area contributed by atoms with Crippen LogP contribution < -0.4 is 4.90 Å². The molecule has 5 rings (SSSR count). The Morgan fingerprint density at radius 1 is 1.12 bits per heavy atom. The third-order valence-corrected chi connectivity index (χ3v) is 6.08. The Hall–Kier alpha value is -2.41. The molecular formula is C19H14F3N3S. The number of para-hydroxylation sites is 1. The number of halogens is 3. The van der Waals surface area contributed by atoms with Crippen LogP contribution in [0.3, 0.4) is 0 Å². The topological polar surface area (TPSA) is 21.1 Å². The van der Waals surface area contributed by atoms with Crippen LogP contribution in [0.1, 0.15) is 23.6 Å². The second kappa shape index (κ2) is 5.54. The van der Waals surface area contributed by atoms with Crippen LogP contribution in [0.5, 0.6) is 0 Å². The molecule has 132 valence electrons. The van der Waals surface area contributed by atoms with Crippen molar-refractivity contribution in [2.24, 2.45) is 0 Å². The molecule has 2 aliphatic rings. The number of fused-ring (bicyclic) bond motifs is 2. The molecule has 2 aromatic carbocycles. The number of benzene rings is 2. The lowest BCUT2D eigenvalue weighted by Crippen LogP contribution is -2.31. The minimum Gasteiger partial charge on any atom is -0.339 e. The van der Waals surface area contributed by atoms with Gasteiger partial charge in [-0.1, -0.05) is 23.9 Å². The van der Waals surface area contributed by atoms with Crippen molar-refractivity contribution in [2.45, 2.75) is 28.4 Å². The van der Waals surface area contributed by atoms with Gasteiger partial charge in [-0.15, -0.1) is 0 Å². The van der Waals surface area contributed by atoms with E-state index in [1.807, 2.05) is 23.2 Å². The van der Waals surface area contributed by atoms with E-state index in [0.29, 0.717) is 12.2 Å². The van der Waals surface area contributed by atoms with E-state index in [2.05, 4.69) is 15.6 Å². The molecule has 3 nitrogen and oxygen atoms in total. The summed E-state index contributed by atoms with van der Waals surface area (Å²) in [5.41, 5.74) is 2.19. The third kappa shape index (κ3) is 2.34. The highest BCUT2D eigenvalue weighted by Gasteiger charge is 2.36. The fourth-order valence-electron chi connectivity index (χ4n) is 3.81. The predicted molar refractivity (Wildman–Crippen MR) is 94.0 cm³/mol. The van der Waals surface area contributed by atoms with Crippen molar-refractivity contribution in [1.29, 1.82) is 0 Å². The van der Waals surface area contributed by atoms with E-state index < -0.39 is 11.7 Å². The Labute approximate surface area is 152 Å². The first-order chi connectivity index (χ1) is 12.5. The molecule has 0 saturated carbocycles. The van der Waals surface area contributed by atoms with E-state index in [4.69, 9.17) is 0 Å². The molecule has 0 amide bonds. The lowest BCUT2D eigenvalue weighted by atomic mass is 9.95. The number of alkyl halides is 3. The second-order valence-electron chi connectivity index (χ2n) is 6.44. The highest BCUT2D eigenvalue weighted by Crippen LogP contribution is 2.54.